The third kappa shape index (κ3) is 4.45. The molecule has 1 fully saturated rings. The van der Waals surface area contributed by atoms with Crippen molar-refractivity contribution in [2.75, 3.05) is 30.4 Å². The number of hydrogen-bond acceptors (Lipinski definition) is 5. The van der Waals surface area contributed by atoms with Crippen LogP contribution in [0.2, 0.25) is 0 Å². The number of benzene rings is 1. The predicted molar refractivity (Wildman–Crippen MR) is 135 cm³/mol. The Morgan fingerprint density at radius 3 is 2.63 bits per heavy atom. The Balaban J connectivity index is 1.56. The molecule has 0 unspecified atom stereocenters. The van der Waals surface area contributed by atoms with Crippen molar-refractivity contribution >= 4 is 29.1 Å². The SMILES string of the molecule is COc1cccc(N[C@H]2c3cc(C4=CCN(C(=O)O)CC4)ccc3N(C(C)=O)[C@@H](C3CC3)[C@@H]2C)n1. The molecule has 2 amide bonds. The predicted octanol–water partition coefficient (Wildman–Crippen LogP) is 4.79. The average Bonchev–Trinajstić information content (AvgIpc) is 3.70. The van der Waals surface area contributed by atoms with Crippen molar-refractivity contribution in [2.45, 2.75) is 45.2 Å². The number of aromatic nitrogens is 1. The third-order valence-electron chi connectivity index (χ3n) is 7.52. The first-order valence-corrected chi connectivity index (χ1v) is 12.3. The van der Waals surface area contributed by atoms with Crippen LogP contribution in [0.3, 0.4) is 0 Å². The number of carboxylic acid groups (broad SMARTS) is 1. The Morgan fingerprint density at radius 1 is 1.20 bits per heavy atom. The van der Waals surface area contributed by atoms with Gasteiger partial charge in [-0.3, -0.25) is 4.79 Å². The summed E-state index contributed by atoms with van der Waals surface area (Å²) in [5.74, 6) is 2.02. The smallest absolute Gasteiger partial charge is 0.407 e. The summed E-state index contributed by atoms with van der Waals surface area (Å²) in [6, 6.07) is 12.1. The fraction of sp³-hybridized carbons (Fsp3) is 0.444. The molecule has 2 aliphatic heterocycles. The zero-order chi connectivity index (χ0) is 24.7. The lowest BCUT2D eigenvalue weighted by atomic mass is 9.79. The maximum absolute atomic E-state index is 12.9. The Kier molecular flexibility index (Phi) is 6.13. The first kappa shape index (κ1) is 23.2. The molecule has 184 valence electrons. The fourth-order valence-electron chi connectivity index (χ4n) is 5.64. The van der Waals surface area contributed by atoms with E-state index < -0.39 is 6.09 Å². The maximum Gasteiger partial charge on any atom is 0.407 e. The molecule has 1 saturated carbocycles. The van der Waals surface area contributed by atoms with E-state index in [4.69, 9.17) is 4.74 Å². The Labute approximate surface area is 205 Å². The Morgan fingerprint density at radius 2 is 2.00 bits per heavy atom. The molecular weight excluding hydrogens is 444 g/mol. The number of carbonyl (C=O) groups excluding carboxylic acids is 1. The van der Waals surface area contributed by atoms with Crippen LogP contribution in [0.4, 0.5) is 16.3 Å². The molecule has 8 heteroatoms. The molecule has 3 atom stereocenters. The number of nitrogens with one attached hydrogen (secondary N) is 1. The number of ether oxygens (including phenoxy) is 1. The van der Waals surface area contributed by atoms with Crippen LogP contribution < -0.4 is 15.0 Å². The lowest BCUT2D eigenvalue weighted by Crippen LogP contribution is -2.51. The lowest BCUT2D eigenvalue weighted by Gasteiger charge is -2.46. The zero-order valence-electron chi connectivity index (χ0n) is 20.4. The Hall–Kier alpha value is -3.55. The van der Waals surface area contributed by atoms with Crippen molar-refractivity contribution in [3.05, 3.63) is 53.6 Å². The highest BCUT2D eigenvalue weighted by Crippen LogP contribution is 2.50. The standard InChI is InChI=1S/C27H32N4O4/c1-16-25(29-23-5-4-6-24(28-23)35-3)21-15-20(18-11-13-30(14-12-18)27(33)34)9-10-22(21)31(17(2)32)26(16)19-7-8-19/h4-6,9-11,15-16,19,25-26H,7-8,12-14H2,1-3H3,(H,28,29)(H,33,34)/t16-,25-,26-/m1/s1. The highest BCUT2D eigenvalue weighted by atomic mass is 16.5. The molecule has 8 nitrogen and oxygen atoms in total. The van der Waals surface area contributed by atoms with Crippen LogP contribution in [0.5, 0.6) is 5.88 Å². The van der Waals surface area contributed by atoms with Gasteiger partial charge in [0.15, 0.2) is 0 Å². The quantitative estimate of drug-likeness (QED) is 0.644. The van der Waals surface area contributed by atoms with Gasteiger partial charge in [-0.05, 0) is 60.1 Å². The zero-order valence-corrected chi connectivity index (χ0v) is 20.4. The minimum Gasteiger partial charge on any atom is -0.481 e. The molecule has 35 heavy (non-hydrogen) atoms. The van der Waals surface area contributed by atoms with E-state index in [0.717, 1.165) is 41.0 Å². The molecule has 1 aromatic carbocycles. The number of pyridine rings is 1. The first-order valence-electron chi connectivity index (χ1n) is 12.3. The van der Waals surface area contributed by atoms with E-state index in [-0.39, 0.29) is 23.9 Å². The van der Waals surface area contributed by atoms with Gasteiger partial charge in [0, 0.05) is 43.7 Å². The normalized spacial score (nSPS) is 23.9. The molecule has 1 aromatic heterocycles. The summed E-state index contributed by atoms with van der Waals surface area (Å²) in [5, 5.41) is 12.9. The molecule has 0 bridgehead atoms. The van der Waals surface area contributed by atoms with Gasteiger partial charge >= 0.3 is 6.09 Å². The van der Waals surface area contributed by atoms with Gasteiger partial charge < -0.3 is 25.0 Å². The number of hydrogen-bond donors (Lipinski definition) is 2. The summed E-state index contributed by atoms with van der Waals surface area (Å²) in [4.78, 5) is 32.2. The lowest BCUT2D eigenvalue weighted by molar-refractivity contribution is -0.117. The van der Waals surface area contributed by atoms with E-state index in [1.165, 1.54) is 4.90 Å². The highest BCUT2D eigenvalue weighted by Gasteiger charge is 2.47. The van der Waals surface area contributed by atoms with Crippen LogP contribution >= 0.6 is 0 Å². The van der Waals surface area contributed by atoms with Gasteiger partial charge in [0.05, 0.1) is 13.2 Å². The number of nitrogens with zero attached hydrogens (tertiary/aromatic N) is 3. The second-order valence-electron chi connectivity index (χ2n) is 9.74. The van der Waals surface area contributed by atoms with Gasteiger partial charge in [0.1, 0.15) is 5.82 Å². The maximum atomic E-state index is 12.9. The minimum absolute atomic E-state index is 0.0366. The van der Waals surface area contributed by atoms with Crippen molar-refractivity contribution in [1.29, 1.82) is 0 Å². The molecule has 0 spiro atoms. The number of fused-ring (bicyclic) bond motifs is 1. The van der Waals surface area contributed by atoms with E-state index in [1.54, 1.807) is 14.0 Å². The van der Waals surface area contributed by atoms with Crippen LogP contribution in [-0.4, -0.2) is 53.2 Å². The van der Waals surface area contributed by atoms with Crippen molar-refractivity contribution in [1.82, 2.24) is 9.88 Å². The van der Waals surface area contributed by atoms with E-state index in [9.17, 15) is 14.7 Å². The summed E-state index contributed by atoms with van der Waals surface area (Å²) >= 11 is 0. The number of amides is 2. The third-order valence-corrected chi connectivity index (χ3v) is 7.52. The van der Waals surface area contributed by atoms with E-state index in [2.05, 4.69) is 35.4 Å². The van der Waals surface area contributed by atoms with Crippen LogP contribution in [0.1, 0.15) is 50.3 Å². The molecule has 1 aliphatic carbocycles. The van der Waals surface area contributed by atoms with Crippen LogP contribution in [-0.2, 0) is 4.79 Å². The summed E-state index contributed by atoms with van der Waals surface area (Å²) in [6.07, 6.45) is 4.05. The molecule has 2 aromatic rings. The minimum atomic E-state index is -0.891. The van der Waals surface area contributed by atoms with Crippen molar-refractivity contribution < 1.29 is 19.4 Å². The topological polar surface area (TPSA) is 95.0 Å². The number of methoxy groups -OCH3 is 1. The van der Waals surface area contributed by atoms with Crippen molar-refractivity contribution in [2.24, 2.45) is 11.8 Å². The van der Waals surface area contributed by atoms with Gasteiger partial charge in [0.2, 0.25) is 11.8 Å². The van der Waals surface area contributed by atoms with Crippen LogP contribution in [0.25, 0.3) is 5.57 Å². The van der Waals surface area contributed by atoms with Crippen molar-refractivity contribution in [3.8, 4) is 5.88 Å². The average molecular weight is 477 g/mol. The highest BCUT2D eigenvalue weighted by molar-refractivity contribution is 5.94. The molecule has 0 radical (unpaired) electrons. The number of carbonyl (C=O) groups is 2. The van der Waals surface area contributed by atoms with Crippen LogP contribution in [0.15, 0.2) is 42.5 Å². The number of rotatable bonds is 5. The van der Waals surface area contributed by atoms with Gasteiger partial charge in [-0.25, -0.2) is 4.79 Å². The second kappa shape index (κ2) is 9.24. The van der Waals surface area contributed by atoms with E-state index >= 15 is 0 Å². The molecule has 5 rings (SSSR count). The summed E-state index contributed by atoms with van der Waals surface area (Å²) < 4.78 is 5.32. The molecular formula is C27H32N4O4. The molecule has 0 saturated heterocycles. The number of anilines is 2. The van der Waals surface area contributed by atoms with E-state index in [1.807, 2.05) is 29.2 Å². The fourth-order valence-corrected chi connectivity index (χ4v) is 5.64. The van der Waals surface area contributed by atoms with E-state index in [0.29, 0.717) is 31.3 Å². The largest absolute Gasteiger partial charge is 0.481 e. The molecule has 3 heterocycles. The Bertz CT molecular complexity index is 1180. The van der Waals surface area contributed by atoms with Gasteiger partial charge in [0.25, 0.3) is 0 Å². The van der Waals surface area contributed by atoms with Crippen LogP contribution in [0, 0.1) is 11.8 Å². The van der Waals surface area contributed by atoms with Gasteiger partial charge in [-0.2, -0.15) is 4.98 Å². The summed E-state index contributed by atoms with van der Waals surface area (Å²) in [6.45, 7) is 4.74. The second-order valence-corrected chi connectivity index (χ2v) is 9.74. The van der Waals surface area contributed by atoms with Gasteiger partial charge in [-0.15, -0.1) is 0 Å². The monoisotopic (exact) mass is 476 g/mol. The summed E-state index contributed by atoms with van der Waals surface area (Å²) in [5.41, 5.74) is 4.21. The van der Waals surface area contributed by atoms with Crippen molar-refractivity contribution in [3.63, 3.8) is 0 Å². The molecule has 2 N–H and O–H groups in total. The first-order chi connectivity index (χ1) is 16.9. The summed E-state index contributed by atoms with van der Waals surface area (Å²) in [7, 11) is 1.61. The molecule has 3 aliphatic rings. The van der Waals surface area contributed by atoms with Gasteiger partial charge in [-0.1, -0.05) is 25.1 Å².